The second kappa shape index (κ2) is 8.30. The smallest absolute Gasteiger partial charge is 0.234 e. The lowest BCUT2D eigenvalue weighted by Crippen LogP contribution is -2.49. The Kier molecular flexibility index (Phi) is 6.40. The lowest BCUT2D eigenvalue weighted by atomic mass is 10.0. The Morgan fingerprint density at radius 1 is 1.41 bits per heavy atom. The molecular weight excluding hydrogens is 274 g/mol. The summed E-state index contributed by atoms with van der Waals surface area (Å²) in [6.07, 6.45) is 3.26. The number of amides is 1. The van der Waals surface area contributed by atoms with Crippen LogP contribution < -0.4 is 10.6 Å². The van der Waals surface area contributed by atoms with Crippen LogP contribution in [0.1, 0.15) is 30.9 Å². The van der Waals surface area contributed by atoms with E-state index in [1.807, 2.05) is 7.05 Å². The van der Waals surface area contributed by atoms with Crippen LogP contribution in [-0.2, 0) is 11.2 Å². The maximum Gasteiger partial charge on any atom is 0.234 e. The SMILES string of the molecule is CNC1CCCN(CC(=O)NC(C)Cc2ccccc2C)C1. The number of nitrogens with zero attached hydrogens (tertiary/aromatic N) is 1. The van der Waals surface area contributed by atoms with Gasteiger partial charge in [0.05, 0.1) is 6.54 Å². The number of likely N-dealkylation sites (N-methyl/N-ethyl adjacent to an activating group) is 1. The average molecular weight is 303 g/mol. The zero-order chi connectivity index (χ0) is 15.9. The van der Waals surface area contributed by atoms with Crippen LogP contribution >= 0.6 is 0 Å². The normalized spacial score (nSPS) is 20.6. The number of hydrogen-bond acceptors (Lipinski definition) is 3. The number of nitrogens with one attached hydrogen (secondary N) is 2. The first kappa shape index (κ1) is 17.0. The number of aryl methyl sites for hydroxylation is 1. The van der Waals surface area contributed by atoms with Gasteiger partial charge in [0.2, 0.25) is 5.91 Å². The van der Waals surface area contributed by atoms with E-state index < -0.39 is 0 Å². The highest BCUT2D eigenvalue weighted by Crippen LogP contribution is 2.11. The summed E-state index contributed by atoms with van der Waals surface area (Å²) in [6, 6.07) is 9.05. The molecule has 2 rings (SSSR count). The first-order chi connectivity index (χ1) is 10.6. The van der Waals surface area contributed by atoms with Crippen molar-refractivity contribution in [3.05, 3.63) is 35.4 Å². The molecule has 1 saturated heterocycles. The summed E-state index contributed by atoms with van der Waals surface area (Å²) >= 11 is 0. The highest BCUT2D eigenvalue weighted by Gasteiger charge is 2.20. The molecule has 1 aromatic rings. The fraction of sp³-hybridized carbons (Fsp3) is 0.611. The maximum atomic E-state index is 12.2. The molecule has 1 aliphatic rings. The number of piperidine rings is 1. The molecule has 22 heavy (non-hydrogen) atoms. The fourth-order valence-electron chi connectivity index (χ4n) is 3.18. The van der Waals surface area contributed by atoms with Gasteiger partial charge in [-0.15, -0.1) is 0 Å². The van der Waals surface area contributed by atoms with Gasteiger partial charge in [-0.2, -0.15) is 0 Å². The monoisotopic (exact) mass is 303 g/mol. The number of hydrogen-bond donors (Lipinski definition) is 2. The van der Waals surface area contributed by atoms with Crippen LogP contribution in [0.25, 0.3) is 0 Å². The Hall–Kier alpha value is -1.39. The topological polar surface area (TPSA) is 44.4 Å². The van der Waals surface area contributed by atoms with Crippen molar-refractivity contribution < 1.29 is 4.79 Å². The van der Waals surface area contributed by atoms with Crippen LogP contribution in [0.2, 0.25) is 0 Å². The Bertz CT molecular complexity index is 489. The van der Waals surface area contributed by atoms with Crippen molar-refractivity contribution in [1.29, 1.82) is 0 Å². The van der Waals surface area contributed by atoms with Gasteiger partial charge in [0.15, 0.2) is 0 Å². The van der Waals surface area contributed by atoms with Gasteiger partial charge in [-0.25, -0.2) is 0 Å². The van der Waals surface area contributed by atoms with E-state index in [0.717, 1.165) is 25.9 Å². The van der Waals surface area contributed by atoms with Gasteiger partial charge in [-0.05, 0) is 57.8 Å². The maximum absolute atomic E-state index is 12.2. The Morgan fingerprint density at radius 2 is 2.18 bits per heavy atom. The van der Waals surface area contributed by atoms with Crippen LogP contribution in [0.15, 0.2) is 24.3 Å². The molecular formula is C18H29N3O. The molecule has 0 saturated carbocycles. The van der Waals surface area contributed by atoms with Crippen molar-refractivity contribution >= 4 is 5.91 Å². The summed E-state index contributed by atoms with van der Waals surface area (Å²) in [5.41, 5.74) is 2.60. The molecule has 1 fully saturated rings. The lowest BCUT2D eigenvalue weighted by molar-refractivity contribution is -0.123. The summed E-state index contributed by atoms with van der Waals surface area (Å²) in [6.45, 7) is 6.70. The second-order valence-corrected chi connectivity index (χ2v) is 6.46. The largest absolute Gasteiger partial charge is 0.352 e. The van der Waals surface area contributed by atoms with Crippen LogP contribution in [0, 0.1) is 6.92 Å². The number of likely N-dealkylation sites (tertiary alicyclic amines) is 1. The van der Waals surface area contributed by atoms with Gasteiger partial charge in [0.25, 0.3) is 0 Å². The summed E-state index contributed by atoms with van der Waals surface area (Å²) < 4.78 is 0. The van der Waals surface area contributed by atoms with E-state index in [4.69, 9.17) is 0 Å². The molecule has 2 unspecified atom stereocenters. The van der Waals surface area contributed by atoms with E-state index >= 15 is 0 Å². The van der Waals surface area contributed by atoms with E-state index in [1.165, 1.54) is 17.5 Å². The molecule has 4 nitrogen and oxygen atoms in total. The molecule has 1 amide bonds. The van der Waals surface area contributed by atoms with E-state index in [9.17, 15) is 4.79 Å². The molecule has 1 heterocycles. The molecule has 4 heteroatoms. The predicted molar refractivity (Wildman–Crippen MR) is 91.0 cm³/mol. The fourth-order valence-corrected chi connectivity index (χ4v) is 3.18. The minimum atomic E-state index is 0.137. The third-order valence-corrected chi connectivity index (χ3v) is 4.48. The van der Waals surface area contributed by atoms with Crippen molar-refractivity contribution in [3.63, 3.8) is 0 Å². The molecule has 2 atom stereocenters. The third kappa shape index (κ3) is 5.11. The molecule has 0 radical (unpaired) electrons. The first-order valence-electron chi connectivity index (χ1n) is 8.32. The Morgan fingerprint density at radius 3 is 2.91 bits per heavy atom. The molecule has 2 N–H and O–H groups in total. The zero-order valence-electron chi connectivity index (χ0n) is 14.1. The lowest BCUT2D eigenvalue weighted by Gasteiger charge is -2.32. The molecule has 0 spiro atoms. The number of carbonyl (C=O) groups excluding carboxylic acids is 1. The first-order valence-corrected chi connectivity index (χ1v) is 8.32. The number of carbonyl (C=O) groups is 1. The predicted octanol–water partition coefficient (Wildman–Crippen LogP) is 1.73. The third-order valence-electron chi connectivity index (χ3n) is 4.48. The molecule has 0 aromatic heterocycles. The minimum absolute atomic E-state index is 0.137. The van der Waals surface area contributed by atoms with Crippen LogP contribution in [-0.4, -0.2) is 49.6 Å². The highest BCUT2D eigenvalue weighted by atomic mass is 16.2. The van der Waals surface area contributed by atoms with Crippen molar-refractivity contribution in [1.82, 2.24) is 15.5 Å². The summed E-state index contributed by atoms with van der Waals surface area (Å²) in [5.74, 6) is 0.137. The van der Waals surface area contributed by atoms with Gasteiger partial charge < -0.3 is 10.6 Å². The highest BCUT2D eigenvalue weighted by molar-refractivity contribution is 5.78. The Labute approximate surface area is 134 Å². The van der Waals surface area contributed by atoms with Crippen molar-refractivity contribution in [3.8, 4) is 0 Å². The van der Waals surface area contributed by atoms with Gasteiger partial charge in [-0.3, -0.25) is 9.69 Å². The quantitative estimate of drug-likeness (QED) is 0.841. The van der Waals surface area contributed by atoms with Crippen LogP contribution in [0.5, 0.6) is 0 Å². The summed E-state index contributed by atoms with van der Waals surface area (Å²) in [4.78, 5) is 14.5. The standard InChI is InChI=1S/C18H29N3O/c1-14-7-4-5-8-16(14)11-15(2)20-18(22)13-21-10-6-9-17(12-21)19-3/h4-5,7-8,15,17,19H,6,9-13H2,1-3H3,(H,20,22). The molecule has 0 bridgehead atoms. The Balaban J connectivity index is 1.78. The molecule has 0 aliphatic carbocycles. The van der Waals surface area contributed by atoms with Crippen molar-refractivity contribution in [2.45, 2.75) is 45.2 Å². The van der Waals surface area contributed by atoms with Crippen LogP contribution in [0.4, 0.5) is 0 Å². The van der Waals surface area contributed by atoms with Crippen molar-refractivity contribution in [2.75, 3.05) is 26.7 Å². The molecule has 122 valence electrons. The average Bonchev–Trinajstić information content (AvgIpc) is 2.49. The van der Waals surface area contributed by atoms with Gasteiger partial charge in [0.1, 0.15) is 0 Å². The van der Waals surface area contributed by atoms with Gasteiger partial charge >= 0.3 is 0 Å². The summed E-state index contributed by atoms with van der Waals surface area (Å²) in [5, 5.41) is 6.45. The van der Waals surface area contributed by atoms with Gasteiger partial charge in [0, 0.05) is 18.6 Å². The van der Waals surface area contributed by atoms with E-state index in [0.29, 0.717) is 12.6 Å². The van der Waals surface area contributed by atoms with Crippen LogP contribution in [0.3, 0.4) is 0 Å². The zero-order valence-corrected chi connectivity index (χ0v) is 14.1. The van der Waals surface area contributed by atoms with E-state index in [2.05, 4.69) is 53.6 Å². The number of benzene rings is 1. The second-order valence-electron chi connectivity index (χ2n) is 6.46. The van der Waals surface area contributed by atoms with Gasteiger partial charge in [-0.1, -0.05) is 24.3 Å². The number of rotatable bonds is 6. The molecule has 1 aliphatic heterocycles. The van der Waals surface area contributed by atoms with Crippen molar-refractivity contribution in [2.24, 2.45) is 0 Å². The van der Waals surface area contributed by atoms with E-state index in [-0.39, 0.29) is 11.9 Å². The summed E-state index contributed by atoms with van der Waals surface area (Å²) in [7, 11) is 2.00. The minimum Gasteiger partial charge on any atom is -0.352 e. The molecule has 1 aromatic carbocycles. The van der Waals surface area contributed by atoms with E-state index in [1.54, 1.807) is 0 Å².